The van der Waals surface area contributed by atoms with Crippen molar-refractivity contribution in [2.75, 3.05) is 53.7 Å². The number of carbonyl (C=O) groups excluding carboxylic acids is 2. The summed E-state index contributed by atoms with van der Waals surface area (Å²) in [5, 5.41) is 0. The molecule has 0 aliphatic carbocycles. The van der Waals surface area contributed by atoms with E-state index in [0.717, 1.165) is 5.56 Å². The number of ether oxygens (including phenoxy) is 4. The maximum atomic E-state index is 12.9. The van der Waals surface area contributed by atoms with Crippen molar-refractivity contribution in [1.82, 2.24) is 9.80 Å². The highest BCUT2D eigenvalue weighted by atomic mass is 16.6. The topological polar surface area (TPSA) is 77.5 Å². The first-order valence-corrected chi connectivity index (χ1v) is 10.2. The Hall–Kier alpha value is -2.74. The van der Waals surface area contributed by atoms with Crippen LogP contribution in [0.4, 0.5) is 4.79 Å². The molecule has 8 nitrogen and oxygen atoms in total. The molecule has 1 aromatic carbocycles. The Balaban J connectivity index is 1.92. The first-order valence-electron chi connectivity index (χ1n) is 10.2. The highest BCUT2D eigenvalue weighted by Crippen LogP contribution is 2.42. The van der Waals surface area contributed by atoms with Gasteiger partial charge in [0.05, 0.1) is 33.0 Å². The SMILES string of the molecule is C=CCCOC(=O)N1CCC(=O)N(CCOC)C[C@H]2COc3cc(OC)ccc3[C@H]21. The molecule has 0 unspecified atom stereocenters. The van der Waals surface area contributed by atoms with Crippen molar-refractivity contribution < 1.29 is 28.5 Å². The molecule has 1 saturated heterocycles. The summed E-state index contributed by atoms with van der Waals surface area (Å²) in [7, 11) is 3.22. The van der Waals surface area contributed by atoms with Crippen LogP contribution in [0.1, 0.15) is 24.4 Å². The number of nitrogens with zero attached hydrogens (tertiary/aromatic N) is 2. The fourth-order valence-electron chi connectivity index (χ4n) is 3.96. The summed E-state index contributed by atoms with van der Waals surface area (Å²) >= 11 is 0. The molecule has 2 amide bonds. The lowest BCUT2D eigenvalue weighted by Crippen LogP contribution is -2.51. The van der Waals surface area contributed by atoms with Crippen LogP contribution in [0.15, 0.2) is 30.9 Å². The van der Waals surface area contributed by atoms with Crippen molar-refractivity contribution in [1.29, 1.82) is 0 Å². The van der Waals surface area contributed by atoms with Gasteiger partial charge in [-0.25, -0.2) is 4.79 Å². The maximum Gasteiger partial charge on any atom is 0.410 e. The van der Waals surface area contributed by atoms with E-state index in [2.05, 4.69) is 6.58 Å². The van der Waals surface area contributed by atoms with Gasteiger partial charge in [0, 0.05) is 50.7 Å². The number of methoxy groups -OCH3 is 2. The van der Waals surface area contributed by atoms with Crippen molar-refractivity contribution in [2.45, 2.75) is 18.9 Å². The first kappa shape index (κ1) is 22.0. The molecule has 1 aromatic rings. The lowest BCUT2D eigenvalue weighted by Gasteiger charge is -2.44. The second-order valence-electron chi connectivity index (χ2n) is 7.39. The second-order valence-corrected chi connectivity index (χ2v) is 7.39. The molecule has 0 aromatic heterocycles. The van der Waals surface area contributed by atoms with Crippen LogP contribution in [0.2, 0.25) is 0 Å². The number of benzene rings is 1. The Bertz CT molecular complexity index is 768. The van der Waals surface area contributed by atoms with E-state index in [1.165, 1.54) is 0 Å². The number of carbonyl (C=O) groups is 2. The molecule has 0 N–H and O–H groups in total. The van der Waals surface area contributed by atoms with E-state index >= 15 is 0 Å². The second kappa shape index (κ2) is 10.3. The molecule has 3 rings (SSSR count). The normalized spacial score (nSPS) is 20.9. The average Bonchev–Trinajstić information content (AvgIpc) is 2.75. The van der Waals surface area contributed by atoms with Gasteiger partial charge in [0.2, 0.25) is 5.91 Å². The fraction of sp³-hybridized carbons (Fsp3) is 0.545. The van der Waals surface area contributed by atoms with E-state index in [0.29, 0.717) is 44.2 Å². The molecule has 164 valence electrons. The summed E-state index contributed by atoms with van der Waals surface area (Å²) in [4.78, 5) is 29.1. The van der Waals surface area contributed by atoms with Crippen molar-refractivity contribution >= 4 is 12.0 Å². The average molecular weight is 418 g/mol. The molecule has 1 fully saturated rings. The summed E-state index contributed by atoms with van der Waals surface area (Å²) in [5.74, 6) is 1.29. The minimum absolute atomic E-state index is 0.00470. The van der Waals surface area contributed by atoms with E-state index in [9.17, 15) is 9.59 Å². The van der Waals surface area contributed by atoms with Gasteiger partial charge in [-0.2, -0.15) is 0 Å². The Labute approximate surface area is 177 Å². The van der Waals surface area contributed by atoms with Crippen LogP contribution >= 0.6 is 0 Å². The van der Waals surface area contributed by atoms with E-state index in [-0.39, 0.29) is 37.4 Å². The molecule has 2 aliphatic heterocycles. The third-order valence-electron chi connectivity index (χ3n) is 5.50. The standard InChI is InChI=1S/C22H30N2O6/c1-4-5-11-29-22(26)24-9-8-20(25)23(10-12-27-2)14-16-15-30-19-13-17(28-3)6-7-18(19)21(16)24/h4,6-7,13,16,21H,1,5,8-12,14-15H2,2-3H3/t16-,21-/m0/s1. The quantitative estimate of drug-likeness (QED) is 0.500. The predicted molar refractivity (Wildman–Crippen MR) is 111 cm³/mol. The van der Waals surface area contributed by atoms with Crippen LogP contribution < -0.4 is 9.47 Å². The number of hydrogen-bond donors (Lipinski definition) is 0. The maximum absolute atomic E-state index is 12.9. The zero-order chi connectivity index (χ0) is 21.5. The van der Waals surface area contributed by atoms with E-state index < -0.39 is 6.09 Å². The molecule has 0 saturated carbocycles. The van der Waals surface area contributed by atoms with Crippen LogP contribution in [0.25, 0.3) is 0 Å². The molecular formula is C22H30N2O6. The Kier molecular flexibility index (Phi) is 7.57. The molecule has 0 bridgehead atoms. The lowest BCUT2D eigenvalue weighted by molar-refractivity contribution is -0.135. The first-order chi connectivity index (χ1) is 14.6. The Morgan fingerprint density at radius 2 is 2.17 bits per heavy atom. The monoisotopic (exact) mass is 418 g/mol. The lowest BCUT2D eigenvalue weighted by atomic mass is 9.87. The van der Waals surface area contributed by atoms with E-state index in [4.69, 9.17) is 18.9 Å². The van der Waals surface area contributed by atoms with Gasteiger partial charge in [0.15, 0.2) is 0 Å². The highest BCUT2D eigenvalue weighted by molar-refractivity contribution is 5.78. The molecule has 2 aliphatic rings. The number of fused-ring (bicyclic) bond motifs is 3. The van der Waals surface area contributed by atoms with Gasteiger partial charge < -0.3 is 28.7 Å². The molecule has 8 heteroatoms. The molecule has 2 heterocycles. The van der Waals surface area contributed by atoms with Crippen LogP contribution in [-0.4, -0.2) is 75.5 Å². The molecule has 0 spiro atoms. The summed E-state index contributed by atoms with van der Waals surface area (Å²) in [6.45, 7) is 6.04. The van der Waals surface area contributed by atoms with Gasteiger partial charge in [-0.1, -0.05) is 6.08 Å². The van der Waals surface area contributed by atoms with Gasteiger partial charge >= 0.3 is 6.09 Å². The van der Waals surface area contributed by atoms with E-state index in [1.54, 1.807) is 30.1 Å². The summed E-state index contributed by atoms with van der Waals surface area (Å²) < 4.78 is 21.9. The largest absolute Gasteiger partial charge is 0.497 e. The zero-order valence-corrected chi connectivity index (χ0v) is 17.7. The zero-order valence-electron chi connectivity index (χ0n) is 17.7. The Morgan fingerprint density at radius 3 is 2.90 bits per heavy atom. The third kappa shape index (κ3) is 4.87. The summed E-state index contributed by atoms with van der Waals surface area (Å²) in [5.41, 5.74) is 0.897. The van der Waals surface area contributed by atoms with E-state index in [1.807, 2.05) is 18.2 Å². The van der Waals surface area contributed by atoms with Gasteiger partial charge in [0.1, 0.15) is 11.5 Å². The van der Waals surface area contributed by atoms with Crippen molar-refractivity contribution in [3.05, 3.63) is 36.4 Å². The van der Waals surface area contributed by atoms with Crippen molar-refractivity contribution in [3.8, 4) is 11.5 Å². The molecule has 2 atom stereocenters. The number of rotatable bonds is 7. The fourth-order valence-corrected chi connectivity index (χ4v) is 3.96. The van der Waals surface area contributed by atoms with Crippen LogP contribution in [-0.2, 0) is 14.3 Å². The molecule has 0 radical (unpaired) electrons. The smallest absolute Gasteiger partial charge is 0.410 e. The van der Waals surface area contributed by atoms with Crippen molar-refractivity contribution in [2.24, 2.45) is 5.92 Å². The summed E-state index contributed by atoms with van der Waals surface area (Å²) in [6, 6.07) is 5.37. The van der Waals surface area contributed by atoms with Gasteiger partial charge in [0.25, 0.3) is 0 Å². The minimum atomic E-state index is -0.423. The van der Waals surface area contributed by atoms with Crippen LogP contribution in [0, 0.1) is 5.92 Å². The number of hydrogen-bond acceptors (Lipinski definition) is 6. The molecular weight excluding hydrogens is 388 g/mol. The number of amides is 2. The van der Waals surface area contributed by atoms with Gasteiger partial charge in [-0.15, -0.1) is 6.58 Å². The van der Waals surface area contributed by atoms with Crippen LogP contribution in [0.5, 0.6) is 11.5 Å². The van der Waals surface area contributed by atoms with Crippen LogP contribution in [0.3, 0.4) is 0 Å². The molecule has 30 heavy (non-hydrogen) atoms. The summed E-state index contributed by atoms with van der Waals surface area (Å²) in [6.07, 6.45) is 2.09. The Morgan fingerprint density at radius 1 is 1.33 bits per heavy atom. The highest BCUT2D eigenvalue weighted by Gasteiger charge is 2.41. The minimum Gasteiger partial charge on any atom is -0.497 e. The van der Waals surface area contributed by atoms with Gasteiger partial charge in [-0.3, -0.25) is 4.79 Å². The van der Waals surface area contributed by atoms with Gasteiger partial charge in [-0.05, 0) is 18.6 Å². The third-order valence-corrected chi connectivity index (χ3v) is 5.50. The van der Waals surface area contributed by atoms with Crippen molar-refractivity contribution in [3.63, 3.8) is 0 Å². The predicted octanol–water partition coefficient (Wildman–Crippen LogP) is 2.64.